The maximum absolute atomic E-state index is 11.9. The maximum Gasteiger partial charge on any atom is 0.339 e. The van der Waals surface area contributed by atoms with E-state index in [0.29, 0.717) is 10.9 Å². The first-order valence-electron chi connectivity index (χ1n) is 12.7. The van der Waals surface area contributed by atoms with Crippen LogP contribution >= 0.6 is 11.3 Å². The van der Waals surface area contributed by atoms with Crippen LogP contribution in [0.3, 0.4) is 0 Å². The maximum atomic E-state index is 11.9. The molecule has 0 bridgehead atoms. The lowest BCUT2D eigenvalue weighted by molar-refractivity contribution is 0.0697. The fourth-order valence-electron chi connectivity index (χ4n) is 3.38. The molecule has 0 saturated heterocycles. The number of rotatable bonds is 9. The van der Waals surface area contributed by atoms with Crippen LogP contribution in [0.5, 0.6) is 0 Å². The predicted octanol–water partition coefficient (Wildman–Crippen LogP) is 9.42. The van der Waals surface area contributed by atoms with Crippen LogP contribution in [-0.2, 0) is 0 Å². The Bertz CT molecular complexity index is 1070. The molecule has 0 spiro atoms. The molecule has 0 fully saturated rings. The van der Waals surface area contributed by atoms with Gasteiger partial charge in [-0.3, -0.25) is 0 Å². The van der Waals surface area contributed by atoms with Crippen molar-refractivity contribution in [3.8, 4) is 11.1 Å². The van der Waals surface area contributed by atoms with E-state index in [9.17, 15) is 9.90 Å². The minimum atomic E-state index is -1.02. The zero-order valence-electron chi connectivity index (χ0n) is 22.5. The summed E-state index contributed by atoms with van der Waals surface area (Å²) in [5, 5.41) is 13.6. The summed E-state index contributed by atoms with van der Waals surface area (Å²) in [4.78, 5) is 22.3. The van der Waals surface area contributed by atoms with Crippen molar-refractivity contribution in [2.24, 2.45) is 0 Å². The normalized spacial score (nSPS) is 10.7. The number of unbranched alkanes of at least 4 members (excludes halogenated alkanes) is 1. The van der Waals surface area contributed by atoms with E-state index in [1.165, 1.54) is 10.5 Å². The van der Waals surface area contributed by atoms with Gasteiger partial charge in [-0.15, -0.1) is 0 Å². The second-order valence-electron chi connectivity index (χ2n) is 7.72. The van der Waals surface area contributed by atoms with Gasteiger partial charge in [0, 0.05) is 11.8 Å². The average molecular weight is 496 g/mol. The lowest BCUT2D eigenvalue weighted by atomic mass is 10.0. The Morgan fingerprint density at radius 2 is 1.77 bits per heavy atom. The molecule has 3 aromatic rings. The van der Waals surface area contributed by atoms with E-state index in [2.05, 4.69) is 44.1 Å². The summed E-state index contributed by atoms with van der Waals surface area (Å²) in [6, 6.07) is 11.3. The van der Waals surface area contributed by atoms with Gasteiger partial charge in [0.05, 0.1) is 10.6 Å². The molecular weight excluding hydrogens is 454 g/mol. The van der Waals surface area contributed by atoms with Crippen LogP contribution in [0.1, 0.15) is 101 Å². The summed E-state index contributed by atoms with van der Waals surface area (Å²) in [5.74, 6) is -0.449. The number of hydrogen-bond acceptors (Lipinski definition) is 5. The predicted molar refractivity (Wildman–Crippen MR) is 152 cm³/mol. The van der Waals surface area contributed by atoms with Crippen molar-refractivity contribution >= 4 is 33.8 Å². The third kappa shape index (κ3) is 8.32. The molecule has 190 valence electrons. The van der Waals surface area contributed by atoms with Gasteiger partial charge >= 0.3 is 5.97 Å². The lowest BCUT2D eigenvalue weighted by Crippen LogP contribution is -2.05. The van der Waals surface area contributed by atoms with E-state index >= 15 is 0 Å². The van der Waals surface area contributed by atoms with E-state index in [4.69, 9.17) is 4.98 Å². The molecule has 0 atom stereocenters. The molecule has 35 heavy (non-hydrogen) atoms. The van der Waals surface area contributed by atoms with Crippen LogP contribution in [0.4, 0.5) is 10.9 Å². The molecule has 0 aliphatic heterocycles. The summed E-state index contributed by atoms with van der Waals surface area (Å²) < 4.78 is 0. The summed E-state index contributed by atoms with van der Waals surface area (Å²) in [6.07, 6.45) is 7.13. The molecular formula is C29H41N3O2S. The summed E-state index contributed by atoms with van der Waals surface area (Å²) in [6.45, 7) is 16.5. The molecule has 2 heterocycles. The third-order valence-corrected chi connectivity index (χ3v) is 6.15. The molecule has 5 nitrogen and oxygen atoms in total. The SMILES string of the molecule is C/C=C(\CCCC)c1sc(Nc2ncc(-c3ccccc3)cc2C(=O)O)nc1C(C)C.CC.CC. The molecule has 0 aliphatic carbocycles. The van der Waals surface area contributed by atoms with Crippen LogP contribution in [0.15, 0.2) is 48.7 Å². The number of thiazole rings is 1. The van der Waals surface area contributed by atoms with Crippen molar-refractivity contribution in [1.82, 2.24) is 9.97 Å². The minimum Gasteiger partial charge on any atom is -0.478 e. The zero-order chi connectivity index (χ0) is 26.4. The van der Waals surface area contributed by atoms with Crippen LogP contribution in [0.2, 0.25) is 0 Å². The van der Waals surface area contributed by atoms with Crippen LogP contribution < -0.4 is 5.32 Å². The number of carbonyl (C=O) groups is 1. The van der Waals surface area contributed by atoms with Gasteiger partial charge < -0.3 is 10.4 Å². The molecule has 2 N–H and O–H groups in total. The van der Waals surface area contributed by atoms with Gasteiger partial charge in [0.2, 0.25) is 0 Å². The van der Waals surface area contributed by atoms with E-state index in [0.717, 1.165) is 36.1 Å². The Kier molecular flexibility index (Phi) is 13.6. The van der Waals surface area contributed by atoms with E-state index in [1.54, 1.807) is 23.6 Å². The van der Waals surface area contributed by atoms with Crippen molar-refractivity contribution < 1.29 is 9.90 Å². The molecule has 0 saturated carbocycles. The number of aromatic nitrogens is 2. The van der Waals surface area contributed by atoms with Gasteiger partial charge in [0.25, 0.3) is 0 Å². The van der Waals surface area contributed by atoms with Gasteiger partial charge in [-0.25, -0.2) is 14.8 Å². The van der Waals surface area contributed by atoms with Crippen molar-refractivity contribution in [3.63, 3.8) is 0 Å². The fourth-order valence-corrected chi connectivity index (χ4v) is 4.60. The topological polar surface area (TPSA) is 75.1 Å². The number of nitrogens with zero attached hydrogens (tertiary/aromatic N) is 2. The molecule has 0 amide bonds. The molecule has 0 aliphatic rings. The second kappa shape index (κ2) is 15.8. The van der Waals surface area contributed by atoms with Gasteiger partial charge in [-0.05, 0) is 42.9 Å². The lowest BCUT2D eigenvalue weighted by Gasteiger charge is -2.09. The van der Waals surface area contributed by atoms with Crippen molar-refractivity contribution in [1.29, 1.82) is 0 Å². The molecule has 2 aromatic heterocycles. The zero-order valence-corrected chi connectivity index (χ0v) is 23.3. The third-order valence-electron chi connectivity index (χ3n) is 5.09. The number of hydrogen-bond donors (Lipinski definition) is 2. The average Bonchev–Trinajstić information content (AvgIpc) is 3.31. The van der Waals surface area contributed by atoms with Crippen LogP contribution in [0, 0.1) is 0 Å². The number of aromatic carboxylic acids is 1. The molecule has 0 radical (unpaired) electrons. The first kappa shape index (κ1) is 30.0. The molecule has 1 aromatic carbocycles. The number of pyridine rings is 1. The smallest absolute Gasteiger partial charge is 0.339 e. The Hall–Kier alpha value is -2.99. The van der Waals surface area contributed by atoms with E-state index < -0.39 is 5.97 Å². The minimum absolute atomic E-state index is 0.126. The number of anilines is 2. The largest absolute Gasteiger partial charge is 0.478 e. The number of benzene rings is 1. The van der Waals surface area contributed by atoms with E-state index in [-0.39, 0.29) is 11.5 Å². The molecule has 0 unspecified atom stereocenters. The summed E-state index contributed by atoms with van der Waals surface area (Å²) >= 11 is 1.56. The van der Waals surface area contributed by atoms with Gasteiger partial charge in [0.1, 0.15) is 11.4 Å². The Labute approximate surface area is 215 Å². The standard InChI is InChI=1S/C25H29N3O2S.2C2H6/c1-5-7-11-17(6-2)22-21(16(3)4)27-25(31-22)28-23-20(24(29)30)14-19(15-26-23)18-12-9-8-10-13-18;2*1-2/h6,8-10,12-16H,5,7,11H2,1-4H3,(H,29,30)(H,26,27,28);2*1-2H3/b17-6+;;. The highest BCUT2D eigenvalue weighted by Crippen LogP contribution is 2.37. The monoisotopic (exact) mass is 495 g/mol. The van der Waals surface area contributed by atoms with Crippen LogP contribution in [-0.4, -0.2) is 21.0 Å². The van der Waals surface area contributed by atoms with Gasteiger partial charge in [-0.1, -0.05) is 103 Å². The number of carboxylic acids is 1. The Balaban J connectivity index is 0.00000145. The molecule has 3 rings (SSSR count). The van der Waals surface area contributed by atoms with Gasteiger partial charge in [0.15, 0.2) is 5.13 Å². The first-order chi connectivity index (χ1) is 16.9. The highest BCUT2D eigenvalue weighted by molar-refractivity contribution is 7.16. The van der Waals surface area contributed by atoms with Crippen molar-refractivity contribution in [3.05, 3.63) is 64.8 Å². The second-order valence-corrected chi connectivity index (χ2v) is 8.72. The van der Waals surface area contributed by atoms with E-state index in [1.807, 2.05) is 58.0 Å². The highest BCUT2D eigenvalue weighted by atomic mass is 32.1. The fraction of sp³-hybridized carbons (Fsp3) is 0.414. The first-order valence-corrected chi connectivity index (χ1v) is 13.5. The number of nitrogens with one attached hydrogen (secondary N) is 1. The Morgan fingerprint density at radius 3 is 2.31 bits per heavy atom. The summed E-state index contributed by atoms with van der Waals surface area (Å²) in [7, 11) is 0. The van der Waals surface area contributed by atoms with Crippen molar-refractivity contribution in [2.45, 2.75) is 80.6 Å². The van der Waals surface area contributed by atoms with Crippen LogP contribution in [0.25, 0.3) is 16.7 Å². The summed E-state index contributed by atoms with van der Waals surface area (Å²) in [5.41, 5.74) is 4.15. The van der Waals surface area contributed by atoms with Gasteiger partial charge in [-0.2, -0.15) is 0 Å². The quantitative estimate of drug-likeness (QED) is 0.309. The molecule has 6 heteroatoms. The number of allylic oxidation sites excluding steroid dienone is 2. The Morgan fingerprint density at radius 1 is 1.11 bits per heavy atom. The number of carboxylic acid groups (broad SMARTS) is 1. The highest BCUT2D eigenvalue weighted by Gasteiger charge is 2.20. The van der Waals surface area contributed by atoms with Crippen molar-refractivity contribution in [2.75, 3.05) is 5.32 Å².